The van der Waals surface area contributed by atoms with Gasteiger partial charge >= 0.3 is 0 Å². The van der Waals surface area contributed by atoms with E-state index in [1.807, 2.05) is 30.3 Å². The first-order valence-corrected chi connectivity index (χ1v) is 13.4. The number of anilines is 1. The minimum absolute atomic E-state index is 0.0405. The van der Waals surface area contributed by atoms with E-state index in [0.717, 1.165) is 29.7 Å². The Balaban J connectivity index is 1.25. The molecule has 2 amide bonds. The topological polar surface area (TPSA) is 117 Å². The number of rotatable bonds is 7. The number of ether oxygens (including phenoxy) is 1. The van der Waals surface area contributed by atoms with Crippen molar-refractivity contribution in [1.82, 2.24) is 20.2 Å². The van der Waals surface area contributed by atoms with E-state index in [2.05, 4.69) is 20.6 Å². The van der Waals surface area contributed by atoms with Crippen molar-refractivity contribution in [2.75, 3.05) is 18.5 Å². The Labute approximate surface area is 232 Å². The SMILES string of the molecule is O=C(Cc1ccccc1)NC(=S)Nc1ccc(Oc2ncnc3cc(C(=O)N4CCCC4CO)sc23)c(F)c1. The number of aliphatic hydroxyl groups excluding tert-OH is 1. The Morgan fingerprint density at radius 2 is 2.00 bits per heavy atom. The second-order valence-corrected chi connectivity index (χ2v) is 10.4. The normalized spacial score (nSPS) is 14.8. The molecule has 2 aromatic carbocycles. The molecule has 1 aliphatic heterocycles. The molecular weight excluding hydrogens is 541 g/mol. The van der Waals surface area contributed by atoms with Crippen molar-refractivity contribution in [1.29, 1.82) is 0 Å². The zero-order valence-electron chi connectivity index (χ0n) is 20.6. The Kier molecular flexibility index (Phi) is 8.05. The number of aliphatic hydroxyl groups is 1. The van der Waals surface area contributed by atoms with Gasteiger partial charge in [0.15, 0.2) is 16.7 Å². The van der Waals surface area contributed by atoms with Crippen molar-refractivity contribution in [2.24, 2.45) is 0 Å². The van der Waals surface area contributed by atoms with Gasteiger partial charge in [-0.15, -0.1) is 11.3 Å². The van der Waals surface area contributed by atoms with Gasteiger partial charge in [0.2, 0.25) is 11.8 Å². The molecule has 1 saturated heterocycles. The second-order valence-electron chi connectivity index (χ2n) is 8.89. The lowest BCUT2D eigenvalue weighted by Gasteiger charge is -2.22. The molecule has 3 N–H and O–H groups in total. The predicted molar refractivity (Wildman–Crippen MR) is 150 cm³/mol. The van der Waals surface area contributed by atoms with Crippen molar-refractivity contribution in [2.45, 2.75) is 25.3 Å². The number of thiocarbonyl (C=S) groups is 1. The third-order valence-electron chi connectivity index (χ3n) is 6.19. The number of nitrogens with one attached hydrogen (secondary N) is 2. The number of aromatic nitrogens is 2. The van der Waals surface area contributed by atoms with Gasteiger partial charge in [-0.1, -0.05) is 30.3 Å². The Hall–Kier alpha value is -4.00. The zero-order valence-corrected chi connectivity index (χ0v) is 22.2. The summed E-state index contributed by atoms with van der Waals surface area (Å²) in [5, 5.41) is 15.0. The molecule has 4 aromatic rings. The van der Waals surface area contributed by atoms with Gasteiger partial charge < -0.3 is 25.4 Å². The van der Waals surface area contributed by atoms with Crippen LogP contribution >= 0.6 is 23.6 Å². The summed E-state index contributed by atoms with van der Waals surface area (Å²) in [4.78, 5) is 35.7. The number of halogens is 1. The molecule has 0 saturated carbocycles. The highest BCUT2D eigenvalue weighted by Crippen LogP contribution is 2.35. The smallest absolute Gasteiger partial charge is 0.264 e. The van der Waals surface area contributed by atoms with Crippen LogP contribution in [0.15, 0.2) is 60.9 Å². The number of likely N-dealkylation sites (tertiary alicyclic amines) is 1. The van der Waals surface area contributed by atoms with Crippen LogP contribution in [0.3, 0.4) is 0 Å². The third-order valence-corrected chi connectivity index (χ3v) is 7.50. The fraction of sp³-hybridized carbons (Fsp3) is 0.222. The maximum Gasteiger partial charge on any atom is 0.264 e. The zero-order chi connectivity index (χ0) is 27.4. The highest BCUT2D eigenvalue weighted by Gasteiger charge is 2.30. The minimum Gasteiger partial charge on any atom is -0.434 e. The molecule has 200 valence electrons. The van der Waals surface area contributed by atoms with E-state index in [-0.39, 0.29) is 47.6 Å². The number of fused-ring (bicyclic) bond motifs is 1. The van der Waals surface area contributed by atoms with Crippen LogP contribution in [0.5, 0.6) is 11.6 Å². The van der Waals surface area contributed by atoms with Crippen molar-refractivity contribution in [3.63, 3.8) is 0 Å². The summed E-state index contributed by atoms with van der Waals surface area (Å²) in [6.07, 6.45) is 3.05. The number of hydrogen-bond acceptors (Lipinski definition) is 8. The maximum atomic E-state index is 14.9. The Morgan fingerprint density at radius 1 is 1.18 bits per heavy atom. The molecule has 9 nitrogen and oxygen atoms in total. The molecule has 3 heterocycles. The van der Waals surface area contributed by atoms with Gasteiger partial charge in [-0.05, 0) is 48.8 Å². The van der Waals surface area contributed by atoms with Crippen molar-refractivity contribution in [3.8, 4) is 11.6 Å². The van der Waals surface area contributed by atoms with Crippen LogP contribution in [0, 0.1) is 5.82 Å². The molecule has 39 heavy (non-hydrogen) atoms. The number of carbonyl (C=O) groups is 2. The molecule has 0 radical (unpaired) electrons. The van der Waals surface area contributed by atoms with Gasteiger partial charge in [0, 0.05) is 18.3 Å². The molecule has 12 heteroatoms. The van der Waals surface area contributed by atoms with Crippen molar-refractivity contribution < 1.29 is 23.8 Å². The van der Waals surface area contributed by atoms with Crippen LogP contribution in [0.4, 0.5) is 10.1 Å². The second kappa shape index (κ2) is 11.8. The molecule has 0 spiro atoms. The summed E-state index contributed by atoms with van der Waals surface area (Å²) in [5.41, 5.74) is 1.67. The largest absolute Gasteiger partial charge is 0.434 e. The number of thiophene rings is 1. The fourth-order valence-electron chi connectivity index (χ4n) is 4.33. The average molecular weight is 566 g/mol. The number of amides is 2. The monoisotopic (exact) mass is 565 g/mol. The standard InChI is InChI=1S/C27H24FN5O4S2/c28-19-12-17(31-27(38)32-23(35)11-16-5-2-1-3-6-16)8-9-21(19)37-25-24-20(29-15-30-25)13-22(39-24)26(36)33-10-4-7-18(33)14-34/h1-3,5-6,8-9,12-13,15,18,34H,4,7,10-11,14H2,(H2,31,32,35,38). The molecule has 2 aromatic heterocycles. The molecule has 1 atom stereocenters. The Bertz CT molecular complexity index is 1530. The number of carbonyl (C=O) groups excluding carboxylic acids is 2. The van der Waals surface area contributed by atoms with Crippen LogP contribution in [-0.4, -0.2) is 56.1 Å². The summed E-state index contributed by atoms with van der Waals surface area (Å²) >= 11 is 6.34. The minimum atomic E-state index is -0.680. The lowest BCUT2D eigenvalue weighted by molar-refractivity contribution is -0.119. The first-order chi connectivity index (χ1) is 18.9. The molecular formula is C27H24FN5O4S2. The van der Waals surface area contributed by atoms with Crippen molar-refractivity contribution in [3.05, 3.63) is 77.2 Å². The van der Waals surface area contributed by atoms with Gasteiger partial charge in [0.05, 0.1) is 29.5 Å². The van der Waals surface area contributed by atoms with Crippen LogP contribution in [0.25, 0.3) is 10.2 Å². The summed E-state index contributed by atoms with van der Waals surface area (Å²) < 4.78 is 21.2. The maximum absolute atomic E-state index is 14.9. The van der Waals surface area contributed by atoms with E-state index in [9.17, 15) is 19.1 Å². The molecule has 1 aliphatic rings. The van der Waals surface area contributed by atoms with E-state index in [1.165, 1.54) is 18.5 Å². The first kappa shape index (κ1) is 26.6. The van der Waals surface area contributed by atoms with Gasteiger partial charge in [0.1, 0.15) is 11.0 Å². The van der Waals surface area contributed by atoms with Gasteiger partial charge in [-0.2, -0.15) is 0 Å². The van der Waals surface area contributed by atoms with Crippen LogP contribution < -0.4 is 15.4 Å². The molecule has 1 fully saturated rings. The summed E-state index contributed by atoms with van der Waals surface area (Å²) in [7, 11) is 0. The number of benzene rings is 2. The number of hydrogen-bond donors (Lipinski definition) is 3. The quantitative estimate of drug-likeness (QED) is 0.285. The summed E-state index contributed by atoms with van der Waals surface area (Å²) in [6.45, 7) is 0.499. The predicted octanol–water partition coefficient (Wildman–Crippen LogP) is 4.28. The Morgan fingerprint density at radius 3 is 2.77 bits per heavy atom. The third kappa shape index (κ3) is 6.19. The summed E-state index contributed by atoms with van der Waals surface area (Å²) in [6, 6.07) is 14.8. The highest BCUT2D eigenvalue weighted by atomic mass is 32.1. The molecule has 5 rings (SSSR count). The van der Waals surface area contributed by atoms with E-state index >= 15 is 0 Å². The van der Waals surface area contributed by atoms with E-state index in [0.29, 0.717) is 27.3 Å². The van der Waals surface area contributed by atoms with Gasteiger partial charge in [-0.25, -0.2) is 14.4 Å². The van der Waals surface area contributed by atoms with Crippen LogP contribution in [0.1, 0.15) is 28.1 Å². The van der Waals surface area contributed by atoms with Crippen LogP contribution in [-0.2, 0) is 11.2 Å². The first-order valence-electron chi connectivity index (χ1n) is 12.2. The van der Waals surface area contributed by atoms with E-state index in [1.54, 1.807) is 17.0 Å². The van der Waals surface area contributed by atoms with Gasteiger partial charge in [0.25, 0.3) is 5.91 Å². The molecule has 1 unspecified atom stereocenters. The fourth-order valence-corrected chi connectivity index (χ4v) is 5.55. The molecule has 0 aliphatic carbocycles. The lowest BCUT2D eigenvalue weighted by atomic mass is 10.1. The highest BCUT2D eigenvalue weighted by molar-refractivity contribution is 7.80. The van der Waals surface area contributed by atoms with E-state index < -0.39 is 5.82 Å². The number of nitrogens with zero attached hydrogens (tertiary/aromatic N) is 3. The molecule has 0 bridgehead atoms. The summed E-state index contributed by atoms with van der Waals surface area (Å²) in [5.74, 6) is -1.12. The van der Waals surface area contributed by atoms with E-state index in [4.69, 9.17) is 17.0 Å². The van der Waals surface area contributed by atoms with Crippen LogP contribution in [0.2, 0.25) is 0 Å². The lowest BCUT2D eigenvalue weighted by Crippen LogP contribution is -2.37. The van der Waals surface area contributed by atoms with Crippen molar-refractivity contribution >= 4 is 56.4 Å². The van der Waals surface area contributed by atoms with Gasteiger partial charge in [-0.3, -0.25) is 9.59 Å². The average Bonchev–Trinajstić information content (AvgIpc) is 3.58.